The fourth-order valence-electron chi connectivity index (χ4n) is 2.24. The number of amides is 1. The van der Waals surface area contributed by atoms with Crippen LogP contribution in [-0.2, 0) is 17.9 Å². The van der Waals surface area contributed by atoms with Crippen LogP contribution in [0.15, 0.2) is 24.5 Å². The average molecular weight is 329 g/mol. The number of methoxy groups -OCH3 is 2. The predicted octanol–water partition coefficient (Wildman–Crippen LogP) is 1.22. The van der Waals surface area contributed by atoms with Gasteiger partial charge in [0.05, 0.1) is 14.2 Å². The third-order valence-electron chi connectivity index (χ3n) is 3.49. The van der Waals surface area contributed by atoms with Gasteiger partial charge in [0, 0.05) is 13.1 Å². The molecule has 8 nitrogen and oxygen atoms in total. The van der Waals surface area contributed by atoms with Crippen LogP contribution in [0.4, 0.5) is 0 Å². The lowest BCUT2D eigenvalue weighted by atomic mass is 10.2. The van der Waals surface area contributed by atoms with Gasteiger partial charge in [-0.2, -0.15) is 5.26 Å². The summed E-state index contributed by atoms with van der Waals surface area (Å²) >= 11 is 0. The first-order valence-corrected chi connectivity index (χ1v) is 7.39. The lowest BCUT2D eigenvalue weighted by molar-refractivity contribution is -0.132. The summed E-state index contributed by atoms with van der Waals surface area (Å²) in [4.78, 5) is 17.9. The van der Waals surface area contributed by atoms with Crippen molar-refractivity contribution in [1.29, 1.82) is 5.26 Å². The summed E-state index contributed by atoms with van der Waals surface area (Å²) < 4.78 is 11.9. The second kappa shape index (κ2) is 7.97. The monoisotopic (exact) mass is 329 g/mol. The highest BCUT2D eigenvalue weighted by Crippen LogP contribution is 2.28. The molecule has 2 rings (SSSR count). The van der Waals surface area contributed by atoms with Crippen LogP contribution >= 0.6 is 0 Å². The number of hydrogen-bond donors (Lipinski definition) is 0. The van der Waals surface area contributed by atoms with Gasteiger partial charge in [0.1, 0.15) is 18.9 Å². The van der Waals surface area contributed by atoms with Crippen LogP contribution < -0.4 is 9.47 Å². The van der Waals surface area contributed by atoms with E-state index in [1.54, 1.807) is 19.1 Å². The second-order valence-electron chi connectivity index (χ2n) is 4.97. The molecule has 0 saturated heterocycles. The number of benzene rings is 1. The molecule has 0 aliphatic rings. The van der Waals surface area contributed by atoms with Crippen molar-refractivity contribution in [3.63, 3.8) is 0 Å². The van der Waals surface area contributed by atoms with Gasteiger partial charge in [-0.3, -0.25) is 4.79 Å². The zero-order valence-electron chi connectivity index (χ0n) is 13.9. The summed E-state index contributed by atoms with van der Waals surface area (Å²) in [5, 5.41) is 12.6. The second-order valence-corrected chi connectivity index (χ2v) is 4.97. The molecule has 1 aromatic carbocycles. The first-order valence-electron chi connectivity index (χ1n) is 7.39. The summed E-state index contributed by atoms with van der Waals surface area (Å²) in [5.74, 6) is 1.20. The zero-order chi connectivity index (χ0) is 17.5. The van der Waals surface area contributed by atoms with E-state index in [0.717, 1.165) is 5.56 Å². The first kappa shape index (κ1) is 17.3. The Bertz CT molecular complexity index is 750. The number of ether oxygens (including phenoxy) is 2. The van der Waals surface area contributed by atoms with Crippen LogP contribution in [0.2, 0.25) is 0 Å². The van der Waals surface area contributed by atoms with Crippen molar-refractivity contribution in [1.82, 2.24) is 19.7 Å². The third kappa shape index (κ3) is 4.01. The van der Waals surface area contributed by atoms with E-state index in [4.69, 9.17) is 14.7 Å². The molecule has 2 aromatic rings. The maximum absolute atomic E-state index is 12.4. The Morgan fingerprint density at radius 2 is 2.08 bits per heavy atom. The largest absolute Gasteiger partial charge is 0.493 e. The van der Waals surface area contributed by atoms with Crippen molar-refractivity contribution < 1.29 is 14.3 Å². The van der Waals surface area contributed by atoms with E-state index >= 15 is 0 Å². The summed E-state index contributed by atoms with van der Waals surface area (Å²) in [6, 6.07) is 7.38. The Kier molecular flexibility index (Phi) is 5.73. The maximum Gasteiger partial charge on any atom is 0.252 e. The molecule has 0 unspecified atom stereocenters. The summed E-state index contributed by atoms with van der Waals surface area (Å²) in [6.07, 6.45) is 1.38. The molecule has 24 heavy (non-hydrogen) atoms. The highest BCUT2D eigenvalue weighted by Gasteiger charge is 2.15. The molecule has 1 aromatic heterocycles. The molecular formula is C16H19N5O3. The van der Waals surface area contributed by atoms with Crippen molar-refractivity contribution in [3.8, 4) is 17.6 Å². The molecule has 1 heterocycles. The number of aromatic nitrogens is 3. The van der Waals surface area contributed by atoms with Crippen molar-refractivity contribution in [2.24, 2.45) is 0 Å². The Labute approximate surface area is 140 Å². The predicted molar refractivity (Wildman–Crippen MR) is 85.4 cm³/mol. The fraction of sp³-hybridized carbons (Fsp3) is 0.375. The van der Waals surface area contributed by atoms with E-state index in [1.807, 2.05) is 31.2 Å². The third-order valence-corrected chi connectivity index (χ3v) is 3.49. The summed E-state index contributed by atoms with van der Waals surface area (Å²) in [5.41, 5.74) is 0.930. The van der Waals surface area contributed by atoms with Gasteiger partial charge in [-0.1, -0.05) is 6.07 Å². The SMILES string of the molecule is CCN(Cc1ccc(OC)c(OC)c1)C(=O)Cn1cnc(C#N)n1. The molecule has 0 saturated carbocycles. The number of carbonyl (C=O) groups excluding carboxylic acids is 1. The van der Waals surface area contributed by atoms with Gasteiger partial charge in [0.15, 0.2) is 11.5 Å². The van der Waals surface area contributed by atoms with E-state index in [9.17, 15) is 4.79 Å². The van der Waals surface area contributed by atoms with E-state index in [-0.39, 0.29) is 18.3 Å². The van der Waals surface area contributed by atoms with Crippen LogP contribution in [-0.4, -0.2) is 46.3 Å². The minimum absolute atomic E-state index is 0.0375. The van der Waals surface area contributed by atoms with Gasteiger partial charge in [0.2, 0.25) is 5.91 Å². The molecular weight excluding hydrogens is 310 g/mol. The zero-order valence-corrected chi connectivity index (χ0v) is 13.9. The van der Waals surface area contributed by atoms with Crippen LogP contribution in [0.5, 0.6) is 11.5 Å². The molecule has 1 amide bonds. The highest BCUT2D eigenvalue weighted by atomic mass is 16.5. The van der Waals surface area contributed by atoms with E-state index in [2.05, 4.69) is 10.1 Å². The average Bonchev–Trinajstić information content (AvgIpc) is 3.06. The van der Waals surface area contributed by atoms with Gasteiger partial charge in [0.25, 0.3) is 5.82 Å². The number of likely N-dealkylation sites (N-methyl/N-ethyl adjacent to an activating group) is 1. The van der Waals surface area contributed by atoms with Crippen molar-refractivity contribution in [2.45, 2.75) is 20.0 Å². The minimum atomic E-state index is -0.110. The Hall–Kier alpha value is -3.08. The molecule has 8 heteroatoms. The van der Waals surface area contributed by atoms with Crippen LogP contribution in [0.25, 0.3) is 0 Å². The molecule has 0 aliphatic carbocycles. The van der Waals surface area contributed by atoms with Crippen molar-refractivity contribution >= 4 is 5.91 Å². The molecule has 0 bridgehead atoms. The van der Waals surface area contributed by atoms with E-state index in [1.165, 1.54) is 11.0 Å². The maximum atomic E-state index is 12.4. The smallest absolute Gasteiger partial charge is 0.252 e. The first-order chi connectivity index (χ1) is 11.6. The van der Waals surface area contributed by atoms with E-state index in [0.29, 0.717) is 24.6 Å². The van der Waals surface area contributed by atoms with Gasteiger partial charge in [-0.05, 0) is 24.6 Å². The molecule has 0 fully saturated rings. The molecule has 0 radical (unpaired) electrons. The molecule has 0 aliphatic heterocycles. The number of nitrogens with zero attached hydrogens (tertiary/aromatic N) is 5. The quantitative estimate of drug-likeness (QED) is 0.758. The Balaban J connectivity index is 2.08. The summed E-state index contributed by atoms with van der Waals surface area (Å²) in [7, 11) is 3.15. The molecule has 0 spiro atoms. The highest BCUT2D eigenvalue weighted by molar-refractivity contribution is 5.75. The fourth-order valence-corrected chi connectivity index (χ4v) is 2.24. The topological polar surface area (TPSA) is 93.3 Å². The molecule has 126 valence electrons. The van der Waals surface area contributed by atoms with Gasteiger partial charge >= 0.3 is 0 Å². The number of hydrogen-bond acceptors (Lipinski definition) is 6. The lowest BCUT2D eigenvalue weighted by Crippen LogP contribution is -2.33. The van der Waals surface area contributed by atoms with E-state index < -0.39 is 0 Å². The minimum Gasteiger partial charge on any atom is -0.493 e. The Morgan fingerprint density at radius 1 is 1.33 bits per heavy atom. The Morgan fingerprint density at radius 3 is 2.67 bits per heavy atom. The van der Waals surface area contributed by atoms with Gasteiger partial charge in [-0.15, -0.1) is 5.10 Å². The van der Waals surface area contributed by atoms with Gasteiger partial charge in [-0.25, -0.2) is 9.67 Å². The molecule has 0 atom stereocenters. The summed E-state index contributed by atoms with van der Waals surface area (Å²) in [6.45, 7) is 2.93. The number of carbonyl (C=O) groups is 1. The lowest BCUT2D eigenvalue weighted by Gasteiger charge is -2.21. The van der Waals surface area contributed by atoms with Crippen LogP contribution in [0.3, 0.4) is 0 Å². The number of rotatable bonds is 7. The van der Waals surface area contributed by atoms with Crippen molar-refractivity contribution in [2.75, 3.05) is 20.8 Å². The number of nitriles is 1. The van der Waals surface area contributed by atoms with Gasteiger partial charge < -0.3 is 14.4 Å². The van der Waals surface area contributed by atoms with Crippen LogP contribution in [0.1, 0.15) is 18.3 Å². The van der Waals surface area contributed by atoms with Crippen molar-refractivity contribution in [3.05, 3.63) is 35.9 Å². The van der Waals surface area contributed by atoms with Crippen LogP contribution in [0, 0.1) is 11.3 Å². The molecule has 0 N–H and O–H groups in total. The standard InChI is InChI=1S/C16H19N5O3/c1-4-20(16(22)10-21-11-18-15(8-17)19-21)9-12-5-6-13(23-2)14(7-12)24-3/h5-7,11H,4,9-10H2,1-3H3. The normalized spacial score (nSPS) is 10.1.